The van der Waals surface area contributed by atoms with Gasteiger partial charge >= 0.3 is 0 Å². The van der Waals surface area contributed by atoms with Crippen LogP contribution in [0.3, 0.4) is 0 Å². The molecule has 2 bridgehead atoms. The van der Waals surface area contributed by atoms with E-state index in [-0.39, 0.29) is 0 Å². The Bertz CT molecular complexity index is 640. The molecule has 0 saturated carbocycles. The molecule has 2 aromatic rings. The van der Waals surface area contributed by atoms with E-state index in [1.807, 2.05) is 11.3 Å². The first-order valence-electron chi connectivity index (χ1n) is 7.30. The lowest BCUT2D eigenvalue weighted by Crippen LogP contribution is -2.37. The lowest BCUT2D eigenvalue weighted by molar-refractivity contribution is 0.224. The highest BCUT2D eigenvalue weighted by Crippen LogP contribution is 2.42. The molecule has 0 N–H and O–H groups in total. The van der Waals surface area contributed by atoms with Crippen LogP contribution in [0.5, 0.6) is 0 Å². The molecule has 98 valence electrons. The van der Waals surface area contributed by atoms with Crippen molar-refractivity contribution in [3.8, 4) is 0 Å². The fourth-order valence-corrected chi connectivity index (χ4v) is 4.89. The zero-order chi connectivity index (χ0) is 12.8. The first kappa shape index (κ1) is 11.7. The van der Waals surface area contributed by atoms with E-state index in [0.29, 0.717) is 6.04 Å². The van der Waals surface area contributed by atoms with Crippen LogP contribution in [-0.4, -0.2) is 23.5 Å². The summed E-state index contributed by atoms with van der Waals surface area (Å²) in [7, 11) is 0. The Morgan fingerprint density at radius 1 is 1.26 bits per heavy atom. The molecule has 1 aromatic carbocycles. The predicted octanol–water partition coefficient (Wildman–Crippen LogP) is 4.54. The number of hydrogen-bond acceptors (Lipinski definition) is 2. The molecule has 0 amide bonds. The average molecular weight is 269 g/mol. The Morgan fingerprint density at radius 3 is 3.00 bits per heavy atom. The highest BCUT2D eigenvalue weighted by atomic mass is 32.1. The second-order valence-corrected chi connectivity index (χ2v) is 6.56. The summed E-state index contributed by atoms with van der Waals surface area (Å²) in [6.07, 6.45) is 6.52. The van der Waals surface area contributed by atoms with Gasteiger partial charge in [-0.25, -0.2) is 0 Å². The molecule has 1 aromatic heterocycles. The van der Waals surface area contributed by atoms with E-state index in [4.69, 9.17) is 0 Å². The molecule has 2 atom stereocenters. The van der Waals surface area contributed by atoms with Gasteiger partial charge in [0, 0.05) is 17.0 Å². The van der Waals surface area contributed by atoms with Crippen LogP contribution in [0, 0.1) is 0 Å². The van der Waals surface area contributed by atoms with Crippen LogP contribution in [0.15, 0.2) is 35.7 Å². The van der Waals surface area contributed by atoms with Crippen LogP contribution >= 0.6 is 11.3 Å². The minimum absolute atomic E-state index is 0.694. The van der Waals surface area contributed by atoms with Crippen molar-refractivity contribution in [2.24, 2.45) is 0 Å². The normalized spacial score (nSPS) is 26.9. The molecule has 19 heavy (non-hydrogen) atoms. The first-order chi connectivity index (χ1) is 9.36. The van der Waals surface area contributed by atoms with Crippen molar-refractivity contribution in [3.05, 3.63) is 40.6 Å². The van der Waals surface area contributed by atoms with Crippen molar-refractivity contribution in [2.45, 2.75) is 38.3 Å². The highest BCUT2D eigenvalue weighted by Gasteiger charge is 2.35. The second kappa shape index (κ2) is 4.46. The van der Waals surface area contributed by atoms with Crippen LogP contribution in [0.1, 0.15) is 31.1 Å². The smallest absolute Gasteiger partial charge is 0.0378 e. The molecule has 2 aliphatic heterocycles. The standard InChI is InChI=1S/C17H19NS/c1-2-18-14-7-8-15(18)10-13(9-14)17-16-6-4-3-5-12(16)11-19-17/h3-6,9,11,14-15H,2,7-8,10H2,1H3. The zero-order valence-electron chi connectivity index (χ0n) is 11.3. The third kappa shape index (κ3) is 1.78. The molecular formula is C17H19NS. The van der Waals surface area contributed by atoms with Crippen LogP contribution in [0.4, 0.5) is 0 Å². The Balaban J connectivity index is 1.78. The molecule has 0 aliphatic carbocycles. The Kier molecular flexibility index (Phi) is 2.75. The van der Waals surface area contributed by atoms with Gasteiger partial charge in [-0.2, -0.15) is 0 Å². The molecule has 0 spiro atoms. The Labute approximate surface area is 118 Å². The SMILES string of the molecule is CCN1C2C=C(c3scc4ccccc34)CC1CC2. The largest absolute Gasteiger partial charge is 0.294 e. The predicted molar refractivity (Wildman–Crippen MR) is 83.6 cm³/mol. The van der Waals surface area contributed by atoms with Crippen molar-refractivity contribution >= 4 is 27.7 Å². The van der Waals surface area contributed by atoms with E-state index in [1.165, 1.54) is 41.5 Å². The van der Waals surface area contributed by atoms with Crippen molar-refractivity contribution in [3.63, 3.8) is 0 Å². The van der Waals surface area contributed by atoms with E-state index in [9.17, 15) is 0 Å². The van der Waals surface area contributed by atoms with Crippen molar-refractivity contribution in [1.29, 1.82) is 0 Å². The molecule has 2 heteroatoms. The number of benzene rings is 1. The number of hydrogen-bond donors (Lipinski definition) is 0. The molecular weight excluding hydrogens is 250 g/mol. The summed E-state index contributed by atoms with van der Waals surface area (Å²) in [6.45, 7) is 3.50. The van der Waals surface area contributed by atoms with E-state index >= 15 is 0 Å². The van der Waals surface area contributed by atoms with Crippen molar-refractivity contribution in [1.82, 2.24) is 4.90 Å². The maximum Gasteiger partial charge on any atom is 0.0378 e. The van der Waals surface area contributed by atoms with Gasteiger partial charge in [0.1, 0.15) is 0 Å². The number of rotatable bonds is 2. The third-order valence-electron chi connectivity index (χ3n) is 4.71. The van der Waals surface area contributed by atoms with Gasteiger partial charge in [0.25, 0.3) is 0 Å². The van der Waals surface area contributed by atoms with E-state index in [2.05, 4.69) is 47.5 Å². The summed E-state index contributed by atoms with van der Waals surface area (Å²) >= 11 is 1.92. The summed E-state index contributed by atoms with van der Waals surface area (Å²) in [6, 6.07) is 10.3. The monoisotopic (exact) mass is 269 g/mol. The molecule has 1 saturated heterocycles. The van der Waals surface area contributed by atoms with Gasteiger partial charge < -0.3 is 0 Å². The summed E-state index contributed by atoms with van der Waals surface area (Å²) < 4.78 is 0. The fraction of sp³-hybridized carbons (Fsp3) is 0.412. The summed E-state index contributed by atoms with van der Waals surface area (Å²) in [5.41, 5.74) is 1.60. The van der Waals surface area contributed by atoms with Gasteiger partial charge in [0.05, 0.1) is 0 Å². The Morgan fingerprint density at radius 2 is 2.16 bits per heavy atom. The quantitative estimate of drug-likeness (QED) is 0.773. The minimum Gasteiger partial charge on any atom is -0.294 e. The number of fused-ring (bicyclic) bond motifs is 3. The minimum atomic E-state index is 0.694. The molecule has 1 fully saturated rings. The van der Waals surface area contributed by atoms with Crippen LogP contribution < -0.4 is 0 Å². The molecule has 4 rings (SSSR count). The lowest BCUT2D eigenvalue weighted by atomic mass is 9.98. The fourth-order valence-electron chi connectivity index (χ4n) is 3.82. The van der Waals surface area contributed by atoms with Gasteiger partial charge in [-0.3, -0.25) is 4.90 Å². The van der Waals surface area contributed by atoms with Gasteiger partial charge in [-0.05, 0) is 47.5 Å². The zero-order valence-corrected chi connectivity index (χ0v) is 12.1. The molecule has 0 radical (unpaired) electrons. The number of nitrogens with zero attached hydrogens (tertiary/aromatic N) is 1. The van der Waals surface area contributed by atoms with Gasteiger partial charge in [0.15, 0.2) is 0 Å². The van der Waals surface area contributed by atoms with Crippen molar-refractivity contribution < 1.29 is 0 Å². The van der Waals surface area contributed by atoms with E-state index in [0.717, 1.165) is 6.04 Å². The maximum atomic E-state index is 2.68. The van der Waals surface area contributed by atoms with Gasteiger partial charge in [0.2, 0.25) is 0 Å². The molecule has 3 heterocycles. The average Bonchev–Trinajstić information content (AvgIpc) is 2.97. The number of likely N-dealkylation sites (N-methyl/N-ethyl adjacent to an activating group) is 1. The topological polar surface area (TPSA) is 3.24 Å². The van der Waals surface area contributed by atoms with E-state index < -0.39 is 0 Å². The van der Waals surface area contributed by atoms with Crippen molar-refractivity contribution in [2.75, 3.05) is 6.54 Å². The third-order valence-corrected chi connectivity index (χ3v) is 5.80. The van der Waals surface area contributed by atoms with Gasteiger partial charge in [-0.15, -0.1) is 11.3 Å². The number of thiophene rings is 1. The van der Waals surface area contributed by atoms with Crippen LogP contribution in [0.2, 0.25) is 0 Å². The summed E-state index contributed by atoms with van der Waals surface area (Å²) in [4.78, 5) is 4.20. The van der Waals surface area contributed by atoms with E-state index in [1.54, 1.807) is 5.57 Å². The summed E-state index contributed by atoms with van der Waals surface area (Å²) in [5.74, 6) is 0. The maximum absolute atomic E-state index is 2.68. The van der Waals surface area contributed by atoms with Crippen LogP contribution in [0.25, 0.3) is 16.3 Å². The van der Waals surface area contributed by atoms with Crippen LogP contribution in [-0.2, 0) is 0 Å². The highest BCUT2D eigenvalue weighted by molar-refractivity contribution is 7.12. The van der Waals surface area contributed by atoms with Gasteiger partial charge in [-0.1, -0.05) is 37.3 Å². The lowest BCUT2D eigenvalue weighted by Gasteiger charge is -2.32. The molecule has 2 unspecified atom stereocenters. The Hall–Kier alpha value is -1.12. The first-order valence-corrected chi connectivity index (χ1v) is 8.18. The summed E-state index contributed by atoms with van der Waals surface area (Å²) in [5, 5.41) is 5.15. The molecule has 2 aliphatic rings. The second-order valence-electron chi connectivity index (χ2n) is 5.68. The molecule has 1 nitrogen and oxygen atoms in total.